The summed E-state index contributed by atoms with van der Waals surface area (Å²) in [6.07, 6.45) is 0.471. The minimum absolute atomic E-state index is 0.0919. The van der Waals surface area contributed by atoms with Gasteiger partial charge in [0.1, 0.15) is 0 Å². The number of ketones is 1. The van der Waals surface area contributed by atoms with Crippen LogP contribution in [0.5, 0.6) is 0 Å². The maximum absolute atomic E-state index is 11.5. The van der Waals surface area contributed by atoms with E-state index in [0.717, 1.165) is 10.8 Å². The minimum atomic E-state index is -0.944. The zero-order valence-corrected chi connectivity index (χ0v) is 9.43. The molecule has 0 aliphatic carbocycles. The molecule has 0 saturated heterocycles. The number of hydrogen-bond donors (Lipinski definition) is 1. The van der Waals surface area contributed by atoms with Crippen LogP contribution >= 0.6 is 0 Å². The van der Waals surface area contributed by atoms with Gasteiger partial charge in [0.2, 0.25) is 0 Å². The van der Waals surface area contributed by atoms with Crippen LogP contribution in [0.2, 0.25) is 0 Å². The molecule has 0 atom stereocenters. The summed E-state index contributed by atoms with van der Waals surface area (Å²) in [4.78, 5) is 22.4. The highest BCUT2D eigenvalue weighted by atomic mass is 16.4. The molecule has 86 valence electrons. The van der Waals surface area contributed by atoms with Gasteiger partial charge in [-0.2, -0.15) is 0 Å². The molecule has 3 heteroatoms. The number of carbonyl (C=O) groups excluding carboxylic acids is 1. The topological polar surface area (TPSA) is 54.4 Å². The van der Waals surface area contributed by atoms with E-state index in [2.05, 4.69) is 0 Å². The zero-order valence-electron chi connectivity index (χ0n) is 9.43. The average molecular weight is 228 g/mol. The molecular formula is C14H12O3. The smallest absolute Gasteiger partial charge is 0.335 e. The molecular weight excluding hydrogens is 216 g/mol. The molecule has 3 nitrogen and oxygen atoms in total. The molecule has 0 spiro atoms. The SMILES string of the molecule is CCC(=O)c1ccc2cc(C(=O)O)ccc2c1. The number of aromatic carboxylic acids is 1. The molecule has 2 aromatic rings. The number of carboxylic acid groups (broad SMARTS) is 1. The highest BCUT2D eigenvalue weighted by molar-refractivity contribution is 6.01. The van der Waals surface area contributed by atoms with Crippen molar-refractivity contribution in [1.82, 2.24) is 0 Å². The van der Waals surface area contributed by atoms with Gasteiger partial charge in [0.15, 0.2) is 5.78 Å². The van der Waals surface area contributed by atoms with Gasteiger partial charge in [0.05, 0.1) is 5.56 Å². The molecule has 0 bridgehead atoms. The van der Waals surface area contributed by atoms with E-state index in [9.17, 15) is 9.59 Å². The molecule has 0 aromatic heterocycles. The summed E-state index contributed by atoms with van der Waals surface area (Å²) < 4.78 is 0. The first kappa shape index (κ1) is 11.3. The van der Waals surface area contributed by atoms with Gasteiger partial charge in [-0.25, -0.2) is 4.79 Å². The highest BCUT2D eigenvalue weighted by Crippen LogP contribution is 2.19. The van der Waals surface area contributed by atoms with E-state index >= 15 is 0 Å². The van der Waals surface area contributed by atoms with Gasteiger partial charge in [0, 0.05) is 12.0 Å². The number of hydrogen-bond acceptors (Lipinski definition) is 2. The number of rotatable bonds is 3. The van der Waals surface area contributed by atoms with Crippen LogP contribution < -0.4 is 0 Å². The molecule has 0 aliphatic rings. The van der Waals surface area contributed by atoms with Crippen molar-refractivity contribution in [2.75, 3.05) is 0 Å². The number of carbonyl (C=O) groups is 2. The van der Waals surface area contributed by atoms with Crippen LogP contribution in [0, 0.1) is 0 Å². The first-order valence-corrected chi connectivity index (χ1v) is 5.42. The fourth-order valence-corrected chi connectivity index (χ4v) is 1.76. The highest BCUT2D eigenvalue weighted by Gasteiger charge is 2.06. The van der Waals surface area contributed by atoms with Gasteiger partial charge >= 0.3 is 5.97 Å². The van der Waals surface area contributed by atoms with Crippen molar-refractivity contribution in [2.45, 2.75) is 13.3 Å². The summed E-state index contributed by atoms with van der Waals surface area (Å²) in [7, 11) is 0. The van der Waals surface area contributed by atoms with E-state index in [1.807, 2.05) is 6.92 Å². The minimum Gasteiger partial charge on any atom is -0.478 e. The Bertz CT molecular complexity index is 599. The third-order valence-electron chi connectivity index (χ3n) is 2.73. The predicted molar refractivity (Wildman–Crippen MR) is 65.5 cm³/mol. The molecule has 2 aromatic carbocycles. The molecule has 0 amide bonds. The van der Waals surface area contributed by atoms with Crippen molar-refractivity contribution in [1.29, 1.82) is 0 Å². The van der Waals surface area contributed by atoms with E-state index in [1.165, 1.54) is 0 Å². The van der Waals surface area contributed by atoms with Crippen molar-refractivity contribution in [3.63, 3.8) is 0 Å². The summed E-state index contributed by atoms with van der Waals surface area (Å²) in [5.41, 5.74) is 0.926. The van der Waals surface area contributed by atoms with Gasteiger partial charge < -0.3 is 5.11 Å². The maximum atomic E-state index is 11.5. The van der Waals surface area contributed by atoms with E-state index in [1.54, 1.807) is 36.4 Å². The van der Waals surface area contributed by atoms with Crippen molar-refractivity contribution in [2.24, 2.45) is 0 Å². The van der Waals surface area contributed by atoms with Gasteiger partial charge in [0.25, 0.3) is 0 Å². The van der Waals surface area contributed by atoms with Crippen molar-refractivity contribution >= 4 is 22.5 Å². The standard InChI is InChI=1S/C14H12O3/c1-2-13(15)11-5-3-10-8-12(14(16)17)6-4-9(10)7-11/h3-8H,2H2,1H3,(H,16,17). The molecule has 0 fully saturated rings. The second-order valence-corrected chi connectivity index (χ2v) is 3.86. The summed E-state index contributed by atoms with van der Waals surface area (Å²) in [6, 6.07) is 10.2. The Morgan fingerprint density at radius 2 is 1.53 bits per heavy atom. The number of benzene rings is 2. The van der Waals surface area contributed by atoms with Crippen LogP contribution in [0.4, 0.5) is 0 Å². The van der Waals surface area contributed by atoms with Gasteiger partial charge in [-0.15, -0.1) is 0 Å². The van der Waals surface area contributed by atoms with Crippen LogP contribution in [0.25, 0.3) is 10.8 Å². The Balaban J connectivity index is 2.54. The van der Waals surface area contributed by atoms with Crippen LogP contribution in [-0.2, 0) is 0 Å². The molecule has 0 saturated carbocycles. The van der Waals surface area contributed by atoms with Crippen LogP contribution in [0.1, 0.15) is 34.1 Å². The van der Waals surface area contributed by atoms with Crippen LogP contribution in [-0.4, -0.2) is 16.9 Å². The first-order valence-electron chi connectivity index (χ1n) is 5.42. The van der Waals surface area contributed by atoms with Crippen LogP contribution in [0.15, 0.2) is 36.4 Å². The zero-order chi connectivity index (χ0) is 12.4. The third-order valence-corrected chi connectivity index (χ3v) is 2.73. The molecule has 1 N–H and O–H groups in total. The summed E-state index contributed by atoms with van der Waals surface area (Å²) in [5.74, 6) is -0.852. The predicted octanol–water partition coefficient (Wildman–Crippen LogP) is 3.13. The summed E-state index contributed by atoms with van der Waals surface area (Å²) in [6.45, 7) is 1.82. The number of Topliss-reactive ketones (excluding diaryl/α,β-unsaturated/α-hetero) is 1. The molecule has 0 aliphatic heterocycles. The molecule has 0 unspecified atom stereocenters. The molecule has 17 heavy (non-hydrogen) atoms. The third kappa shape index (κ3) is 2.18. The van der Waals surface area contributed by atoms with E-state index in [4.69, 9.17) is 5.11 Å². The second kappa shape index (κ2) is 4.37. The number of fused-ring (bicyclic) bond motifs is 1. The lowest BCUT2D eigenvalue weighted by Crippen LogP contribution is -1.97. The van der Waals surface area contributed by atoms with E-state index in [0.29, 0.717) is 12.0 Å². The fourth-order valence-electron chi connectivity index (χ4n) is 1.76. The lowest BCUT2D eigenvalue weighted by atomic mass is 10.0. The van der Waals surface area contributed by atoms with E-state index < -0.39 is 5.97 Å². The Labute approximate surface area is 98.7 Å². The first-order chi connectivity index (χ1) is 8.11. The molecule has 0 heterocycles. The average Bonchev–Trinajstić information content (AvgIpc) is 2.36. The van der Waals surface area contributed by atoms with Crippen molar-refractivity contribution < 1.29 is 14.7 Å². The maximum Gasteiger partial charge on any atom is 0.335 e. The number of carboxylic acids is 1. The largest absolute Gasteiger partial charge is 0.478 e. The lowest BCUT2D eigenvalue weighted by Gasteiger charge is -2.03. The molecule has 0 radical (unpaired) electrons. The normalized spacial score (nSPS) is 10.4. The van der Waals surface area contributed by atoms with Gasteiger partial charge in [-0.05, 0) is 29.0 Å². The monoisotopic (exact) mass is 228 g/mol. The fraction of sp³-hybridized carbons (Fsp3) is 0.143. The van der Waals surface area contributed by atoms with Crippen molar-refractivity contribution in [3.8, 4) is 0 Å². The Morgan fingerprint density at radius 3 is 2.06 bits per heavy atom. The summed E-state index contributed by atoms with van der Waals surface area (Å²) in [5, 5.41) is 10.6. The quantitative estimate of drug-likeness (QED) is 0.821. The van der Waals surface area contributed by atoms with Gasteiger partial charge in [-0.3, -0.25) is 4.79 Å². The Kier molecular flexibility index (Phi) is 2.91. The Hall–Kier alpha value is -2.16. The lowest BCUT2D eigenvalue weighted by molar-refractivity contribution is 0.0697. The molecule has 2 rings (SSSR count). The van der Waals surface area contributed by atoms with Gasteiger partial charge in [-0.1, -0.05) is 25.1 Å². The van der Waals surface area contributed by atoms with Crippen molar-refractivity contribution in [3.05, 3.63) is 47.5 Å². The summed E-state index contributed by atoms with van der Waals surface area (Å²) >= 11 is 0. The Morgan fingerprint density at radius 1 is 1.00 bits per heavy atom. The van der Waals surface area contributed by atoms with Crippen LogP contribution in [0.3, 0.4) is 0 Å². The second-order valence-electron chi connectivity index (χ2n) is 3.86. The van der Waals surface area contributed by atoms with E-state index in [-0.39, 0.29) is 11.3 Å².